The van der Waals surface area contributed by atoms with E-state index in [4.69, 9.17) is 11.6 Å². The zero-order valence-electron chi connectivity index (χ0n) is 15.3. The quantitative estimate of drug-likeness (QED) is 0.619. The van der Waals surface area contributed by atoms with Crippen molar-refractivity contribution in [2.24, 2.45) is 0 Å². The van der Waals surface area contributed by atoms with Crippen LogP contribution in [0.25, 0.3) is 11.4 Å². The molecule has 0 unspecified atom stereocenters. The van der Waals surface area contributed by atoms with Gasteiger partial charge in [-0.3, -0.25) is 4.79 Å². The van der Waals surface area contributed by atoms with E-state index in [0.29, 0.717) is 12.4 Å². The van der Waals surface area contributed by atoms with Crippen LogP contribution in [-0.2, 0) is 19.3 Å². The highest BCUT2D eigenvalue weighted by Gasteiger charge is 2.36. The summed E-state index contributed by atoms with van der Waals surface area (Å²) in [6.07, 6.45) is -4.56. The standard InChI is InChI=1S/C20H16ClF3N4O/c1-12-10-28-17(13-6-3-2-4-7-13)25-26-18(28)19(29)27(12)11-14-8-5-9-15(16(14)21)20(22,23)24/h2-9,12H,10-11H2,1H3/t12-/m0/s1. The normalized spacial score (nSPS) is 16.8. The number of hydrogen-bond acceptors (Lipinski definition) is 3. The van der Waals surface area contributed by atoms with E-state index < -0.39 is 22.7 Å². The first-order valence-corrected chi connectivity index (χ1v) is 9.29. The summed E-state index contributed by atoms with van der Waals surface area (Å²) in [6.45, 7) is 2.21. The van der Waals surface area contributed by atoms with Gasteiger partial charge in [-0.05, 0) is 18.6 Å². The van der Waals surface area contributed by atoms with Crippen LogP contribution in [0.15, 0.2) is 48.5 Å². The summed E-state index contributed by atoms with van der Waals surface area (Å²) in [4.78, 5) is 14.5. The van der Waals surface area contributed by atoms with Gasteiger partial charge in [0.05, 0.1) is 10.6 Å². The highest BCUT2D eigenvalue weighted by atomic mass is 35.5. The van der Waals surface area contributed by atoms with Gasteiger partial charge in [0.1, 0.15) is 0 Å². The summed E-state index contributed by atoms with van der Waals surface area (Å²) in [5.74, 6) is 0.342. The van der Waals surface area contributed by atoms with Gasteiger partial charge >= 0.3 is 6.18 Å². The van der Waals surface area contributed by atoms with Gasteiger partial charge in [0.15, 0.2) is 5.82 Å². The topological polar surface area (TPSA) is 51.0 Å². The number of hydrogen-bond donors (Lipinski definition) is 0. The Balaban J connectivity index is 1.66. The minimum atomic E-state index is -4.56. The van der Waals surface area contributed by atoms with Gasteiger partial charge in [0, 0.05) is 24.7 Å². The van der Waals surface area contributed by atoms with Gasteiger partial charge in [-0.2, -0.15) is 13.2 Å². The maximum absolute atomic E-state index is 13.1. The molecular formula is C20H16ClF3N4O. The summed E-state index contributed by atoms with van der Waals surface area (Å²) in [5, 5.41) is 7.79. The highest BCUT2D eigenvalue weighted by Crippen LogP contribution is 2.37. The molecule has 1 atom stereocenters. The third-order valence-corrected chi connectivity index (χ3v) is 5.38. The number of amides is 1. The number of alkyl halides is 3. The van der Waals surface area contributed by atoms with Crippen LogP contribution in [0.2, 0.25) is 5.02 Å². The second kappa shape index (κ2) is 7.18. The van der Waals surface area contributed by atoms with Crippen molar-refractivity contribution in [3.8, 4) is 11.4 Å². The molecule has 0 N–H and O–H groups in total. The Morgan fingerprint density at radius 2 is 1.76 bits per heavy atom. The zero-order valence-corrected chi connectivity index (χ0v) is 16.1. The molecule has 1 aromatic heterocycles. The Kier molecular flexibility index (Phi) is 4.82. The Hall–Kier alpha value is -2.87. The largest absolute Gasteiger partial charge is 0.417 e. The molecule has 0 aliphatic carbocycles. The molecular weight excluding hydrogens is 405 g/mol. The number of benzene rings is 2. The van der Waals surface area contributed by atoms with Gasteiger partial charge in [-0.1, -0.05) is 54.1 Å². The minimum Gasteiger partial charge on any atom is -0.327 e. The summed E-state index contributed by atoms with van der Waals surface area (Å²) < 4.78 is 41.1. The Labute approximate surface area is 169 Å². The summed E-state index contributed by atoms with van der Waals surface area (Å²) >= 11 is 6.00. The average Bonchev–Trinajstić information content (AvgIpc) is 3.10. The Morgan fingerprint density at radius 1 is 1.07 bits per heavy atom. The first-order chi connectivity index (χ1) is 13.8. The summed E-state index contributed by atoms with van der Waals surface area (Å²) in [5.41, 5.74) is 0.155. The molecule has 5 nitrogen and oxygen atoms in total. The second-order valence-corrected chi connectivity index (χ2v) is 7.26. The molecule has 0 bridgehead atoms. The Bertz CT molecular complexity index is 1070. The van der Waals surface area contributed by atoms with Crippen LogP contribution >= 0.6 is 11.6 Å². The van der Waals surface area contributed by atoms with Crippen molar-refractivity contribution < 1.29 is 18.0 Å². The average molecular weight is 421 g/mol. The third kappa shape index (κ3) is 3.48. The number of fused-ring (bicyclic) bond motifs is 1. The first-order valence-electron chi connectivity index (χ1n) is 8.91. The fourth-order valence-corrected chi connectivity index (χ4v) is 3.75. The van der Waals surface area contributed by atoms with E-state index in [9.17, 15) is 18.0 Å². The molecule has 1 aliphatic heterocycles. The molecule has 0 spiro atoms. The smallest absolute Gasteiger partial charge is 0.327 e. The predicted molar refractivity (Wildman–Crippen MR) is 101 cm³/mol. The molecule has 150 valence electrons. The van der Waals surface area contributed by atoms with E-state index in [0.717, 1.165) is 11.6 Å². The zero-order chi connectivity index (χ0) is 20.8. The molecule has 0 saturated carbocycles. The second-order valence-electron chi connectivity index (χ2n) is 6.88. The maximum atomic E-state index is 13.1. The molecule has 2 aromatic carbocycles. The van der Waals surface area contributed by atoms with Crippen molar-refractivity contribution in [1.82, 2.24) is 19.7 Å². The SMILES string of the molecule is C[C@H]1Cn2c(nnc2-c2ccccc2)C(=O)N1Cc1cccc(C(F)(F)F)c1Cl. The van der Waals surface area contributed by atoms with Crippen molar-refractivity contribution in [3.05, 3.63) is 70.5 Å². The van der Waals surface area contributed by atoms with Gasteiger partial charge in [-0.25, -0.2) is 0 Å². The number of rotatable bonds is 3. The van der Waals surface area contributed by atoms with Crippen LogP contribution in [0.1, 0.15) is 28.7 Å². The number of carbonyl (C=O) groups is 1. The van der Waals surface area contributed by atoms with Crippen LogP contribution in [0.3, 0.4) is 0 Å². The van der Waals surface area contributed by atoms with E-state index in [1.165, 1.54) is 17.0 Å². The monoisotopic (exact) mass is 420 g/mol. The lowest BCUT2D eigenvalue weighted by Gasteiger charge is -2.34. The lowest BCUT2D eigenvalue weighted by atomic mass is 10.1. The van der Waals surface area contributed by atoms with E-state index in [1.807, 2.05) is 37.3 Å². The number of aromatic nitrogens is 3. The lowest BCUT2D eigenvalue weighted by Crippen LogP contribution is -2.46. The van der Waals surface area contributed by atoms with Crippen molar-refractivity contribution in [2.75, 3.05) is 0 Å². The fourth-order valence-electron chi connectivity index (χ4n) is 3.46. The molecule has 1 amide bonds. The van der Waals surface area contributed by atoms with Crippen molar-refractivity contribution in [2.45, 2.75) is 32.2 Å². The maximum Gasteiger partial charge on any atom is 0.417 e. The van der Waals surface area contributed by atoms with Gasteiger partial charge < -0.3 is 9.47 Å². The lowest BCUT2D eigenvalue weighted by molar-refractivity contribution is -0.137. The third-order valence-electron chi connectivity index (χ3n) is 4.94. The van der Waals surface area contributed by atoms with Crippen LogP contribution in [-0.4, -0.2) is 31.6 Å². The van der Waals surface area contributed by atoms with E-state index >= 15 is 0 Å². The first kappa shape index (κ1) is 19.4. The molecule has 3 aromatic rings. The van der Waals surface area contributed by atoms with Crippen molar-refractivity contribution in [3.63, 3.8) is 0 Å². The van der Waals surface area contributed by atoms with E-state index in [-0.39, 0.29) is 24.0 Å². The molecule has 1 aliphatic rings. The van der Waals surface area contributed by atoms with Crippen LogP contribution < -0.4 is 0 Å². The number of carbonyl (C=O) groups excluding carboxylic acids is 1. The molecule has 0 saturated heterocycles. The van der Waals surface area contributed by atoms with Crippen LogP contribution in [0, 0.1) is 0 Å². The molecule has 29 heavy (non-hydrogen) atoms. The van der Waals surface area contributed by atoms with Gasteiger partial charge in [0.2, 0.25) is 5.82 Å². The van der Waals surface area contributed by atoms with Crippen LogP contribution in [0.5, 0.6) is 0 Å². The molecule has 9 heteroatoms. The van der Waals surface area contributed by atoms with E-state index in [2.05, 4.69) is 10.2 Å². The molecule has 0 fully saturated rings. The summed E-state index contributed by atoms with van der Waals surface area (Å²) in [6, 6.07) is 12.8. The molecule has 4 rings (SSSR count). The Morgan fingerprint density at radius 3 is 2.45 bits per heavy atom. The van der Waals surface area contributed by atoms with Crippen LogP contribution in [0.4, 0.5) is 13.2 Å². The van der Waals surface area contributed by atoms with E-state index in [1.54, 1.807) is 4.57 Å². The highest BCUT2D eigenvalue weighted by molar-refractivity contribution is 6.32. The van der Waals surface area contributed by atoms with Gasteiger partial charge in [0.25, 0.3) is 5.91 Å². The fraction of sp³-hybridized carbons (Fsp3) is 0.250. The summed E-state index contributed by atoms with van der Waals surface area (Å²) in [7, 11) is 0. The number of nitrogens with zero attached hydrogens (tertiary/aromatic N) is 4. The van der Waals surface area contributed by atoms with Gasteiger partial charge in [-0.15, -0.1) is 10.2 Å². The predicted octanol–water partition coefficient (Wildman–Crippen LogP) is 4.66. The number of halogens is 4. The molecule has 0 radical (unpaired) electrons. The van der Waals surface area contributed by atoms with Crippen molar-refractivity contribution >= 4 is 17.5 Å². The molecule has 2 heterocycles. The van der Waals surface area contributed by atoms with Crippen molar-refractivity contribution in [1.29, 1.82) is 0 Å². The minimum absolute atomic E-state index is 0.0454.